The van der Waals surface area contributed by atoms with E-state index in [2.05, 4.69) is 20.5 Å². The number of anilines is 1. The van der Waals surface area contributed by atoms with Crippen LogP contribution in [0.1, 0.15) is 15.9 Å². The van der Waals surface area contributed by atoms with Crippen LogP contribution in [0.4, 0.5) is 5.69 Å². The molecule has 10 heteroatoms. The number of likely N-dealkylation sites (N-methyl/N-ethyl adjacent to an activating group) is 1. The van der Waals surface area contributed by atoms with Gasteiger partial charge in [0.1, 0.15) is 6.04 Å². The van der Waals surface area contributed by atoms with Gasteiger partial charge in [0.05, 0.1) is 6.61 Å². The summed E-state index contributed by atoms with van der Waals surface area (Å²) in [6.07, 6.45) is 0. The third-order valence-electron chi connectivity index (χ3n) is 5.00. The zero-order valence-corrected chi connectivity index (χ0v) is 19.4. The van der Waals surface area contributed by atoms with Gasteiger partial charge in [0, 0.05) is 17.8 Å². The number of benzene rings is 3. The van der Waals surface area contributed by atoms with E-state index in [4.69, 9.17) is 9.79 Å². The van der Waals surface area contributed by atoms with Crippen LogP contribution < -0.4 is 16.0 Å². The molecule has 3 aromatic rings. The Labute approximate surface area is 197 Å². The van der Waals surface area contributed by atoms with Gasteiger partial charge >= 0.3 is 7.82 Å². The maximum Gasteiger partial charge on any atom is 0.469 e. The van der Waals surface area contributed by atoms with Crippen LogP contribution in [0.3, 0.4) is 0 Å². The molecule has 0 bridgehead atoms. The molecule has 178 valence electrons. The smallest absolute Gasteiger partial charge is 0.348 e. The van der Waals surface area contributed by atoms with E-state index in [1.54, 1.807) is 24.3 Å². The second kappa shape index (κ2) is 11.7. The lowest BCUT2D eigenvalue weighted by Gasteiger charge is -2.16. The van der Waals surface area contributed by atoms with E-state index < -0.39 is 26.4 Å². The van der Waals surface area contributed by atoms with Gasteiger partial charge in [-0.1, -0.05) is 54.6 Å². The molecule has 0 aliphatic carbocycles. The van der Waals surface area contributed by atoms with E-state index >= 15 is 0 Å². The van der Waals surface area contributed by atoms with Crippen LogP contribution in [0.5, 0.6) is 0 Å². The first kappa shape index (κ1) is 25.3. The molecular formula is C24H26N3O6P. The van der Waals surface area contributed by atoms with Gasteiger partial charge in [-0.15, -0.1) is 0 Å². The Hall–Kier alpha value is -3.33. The van der Waals surface area contributed by atoms with Gasteiger partial charge in [0.2, 0.25) is 5.91 Å². The summed E-state index contributed by atoms with van der Waals surface area (Å²) in [6.45, 7) is -0.130. The molecule has 34 heavy (non-hydrogen) atoms. The summed E-state index contributed by atoms with van der Waals surface area (Å²) in [7, 11) is -3.21. The highest BCUT2D eigenvalue weighted by atomic mass is 31.2. The molecule has 0 aromatic heterocycles. The molecule has 0 unspecified atom stereocenters. The number of carbonyl (C=O) groups excluding carboxylic acids is 2. The normalized spacial score (nSPS) is 12.1. The highest BCUT2D eigenvalue weighted by molar-refractivity contribution is 7.46. The fraction of sp³-hybridized carbons (Fsp3) is 0.167. The van der Waals surface area contributed by atoms with Crippen LogP contribution in [-0.2, 0) is 20.4 Å². The molecule has 5 N–H and O–H groups in total. The molecule has 2 amide bonds. The molecular weight excluding hydrogens is 457 g/mol. The molecule has 0 radical (unpaired) electrons. The van der Waals surface area contributed by atoms with Crippen molar-refractivity contribution >= 4 is 25.3 Å². The molecule has 0 saturated heterocycles. The van der Waals surface area contributed by atoms with Crippen LogP contribution in [0.15, 0.2) is 78.9 Å². The van der Waals surface area contributed by atoms with Crippen molar-refractivity contribution in [3.63, 3.8) is 0 Å². The van der Waals surface area contributed by atoms with Crippen LogP contribution in [0, 0.1) is 0 Å². The highest BCUT2D eigenvalue weighted by Crippen LogP contribution is 2.35. The standard InChI is InChI=1S/C24H26N3O6P/c1-25-22(16-33-34(30,31)32)24(29)27-21-13-11-20(12-14-21)23(28)26-15-17-7-9-19(10-8-17)18-5-3-2-4-6-18/h2-14,22,25H,15-16H2,1H3,(H,26,28)(H,27,29)(H2,30,31,32)/t22-/m0/s1. The summed E-state index contributed by atoms with van der Waals surface area (Å²) < 4.78 is 15.2. The predicted molar refractivity (Wildman–Crippen MR) is 129 cm³/mol. The lowest BCUT2D eigenvalue weighted by molar-refractivity contribution is -0.118. The van der Waals surface area contributed by atoms with Crippen LogP contribution in [0.2, 0.25) is 0 Å². The van der Waals surface area contributed by atoms with Gasteiger partial charge in [-0.25, -0.2) is 4.57 Å². The molecule has 0 spiro atoms. The minimum Gasteiger partial charge on any atom is -0.348 e. The van der Waals surface area contributed by atoms with Crippen molar-refractivity contribution in [2.24, 2.45) is 0 Å². The van der Waals surface area contributed by atoms with Crippen molar-refractivity contribution in [2.75, 3.05) is 19.0 Å². The number of hydrogen-bond donors (Lipinski definition) is 5. The highest BCUT2D eigenvalue weighted by Gasteiger charge is 2.22. The number of hydrogen-bond acceptors (Lipinski definition) is 5. The third kappa shape index (κ3) is 7.62. The van der Waals surface area contributed by atoms with Crippen molar-refractivity contribution in [1.82, 2.24) is 10.6 Å². The zero-order chi connectivity index (χ0) is 24.6. The fourth-order valence-electron chi connectivity index (χ4n) is 3.13. The monoisotopic (exact) mass is 483 g/mol. The lowest BCUT2D eigenvalue weighted by atomic mass is 10.0. The average molecular weight is 483 g/mol. The Bertz CT molecular complexity index is 1150. The second-order valence-corrected chi connectivity index (χ2v) is 8.68. The Morgan fingerprint density at radius 3 is 2.12 bits per heavy atom. The number of phosphoric ester groups is 1. The number of phosphoric acid groups is 1. The maximum absolute atomic E-state index is 12.5. The van der Waals surface area contributed by atoms with E-state index in [0.717, 1.165) is 16.7 Å². The van der Waals surface area contributed by atoms with E-state index in [9.17, 15) is 14.2 Å². The average Bonchev–Trinajstić information content (AvgIpc) is 2.83. The SMILES string of the molecule is CN[C@@H](COP(=O)(O)O)C(=O)Nc1ccc(C(=O)NCc2ccc(-c3ccccc3)cc2)cc1. The fourth-order valence-corrected chi connectivity index (χ4v) is 3.47. The first-order chi connectivity index (χ1) is 16.2. The number of rotatable bonds is 10. The van der Waals surface area contributed by atoms with Gasteiger partial charge < -0.3 is 25.7 Å². The molecule has 0 heterocycles. The lowest BCUT2D eigenvalue weighted by Crippen LogP contribution is -2.41. The third-order valence-corrected chi connectivity index (χ3v) is 5.49. The number of amides is 2. The summed E-state index contributed by atoms with van der Waals surface area (Å²) >= 11 is 0. The van der Waals surface area contributed by atoms with Crippen molar-refractivity contribution in [3.8, 4) is 11.1 Å². The largest absolute Gasteiger partial charge is 0.469 e. The van der Waals surface area contributed by atoms with Crippen LogP contribution in [0.25, 0.3) is 11.1 Å². The van der Waals surface area contributed by atoms with Gasteiger partial charge in [-0.3, -0.25) is 14.1 Å². The van der Waals surface area contributed by atoms with Crippen LogP contribution >= 0.6 is 7.82 Å². The van der Waals surface area contributed by atoms with Crippen LogP contribution in [-0.4, -0.2) is 41.3 Å². The summed E-state index contributed by atoms with van der Waals surface area (Å²) in [5.41, 5.74) is 4.04. The van der Waals surface area contributed by atoms with Gasteiger partial charge in [-0.05, 0) is 48.0 Å². The van der Waals surface area contributed by atoms with Crippen molar-refractivity contribution in [2.45, 2.75) is 12.6 Å². The zero-order valence-electron chi connectivity index (χ0n) is 18.5. The predicted octanol–water partition coefficient (Wildman–Crippen LogP) is 2.92. The van der Waals surface area contributed by atoms with Crippen molar-refractivity contribution in [3.05, 3.63) is 90.0 Å². The molecule has 0 aliphatic heterocycles. The molecule has 9 nitrogen and oxygen atoms in total. The Balaban J connectivity index is 1.51. The summed E-state index contributed by atoms with van der Waals surface area (Å²) in [6, 6.07) is 23.3. The minimum atomic E-state index is -4.68. The summed E-state index contributed by atoms with van der Waals surface area (Å²) in [4.78, 5) is 42.3. The topological polar surface area (TPSA) is 137 Å². The van der Waals surface area contributed by atoms with E-state index in [1.165, 1.54) is 7.05 Å². The molecule has 0 aliphatic rings. The van der Waals surface area contributed by atoms with Gasteiger partial charge in [-0.2, -0.15) is 0 Å². The summed E-state index contributed by atoms with van der Waals surface area (Å²) in [5, 5.41) is 8.10. The summed E-state index contributed by atoms with van der Waals surface area (Å²) in [5.74, 6) is -0.791. The van der Waals surface area contributed by atoms with E-state index in [0.29, 0.717) is 17.8 Å². The van der Waals surface area contributed by atoms with Gasteiger partial charge in [0.25, 0.3) is 5.91 Å². The Morgan fingerprint density at radius 2 is 1.53 bits per heavy atom. The first-order valence-corrected chi connectivity index (χ1v) is 12.0. The Kier molecular flexibility index (Phi) is 8.70. The quantitative estimate of drug-likeness (QED) is 0.280. The molecule has 3 rings (SSSR count). The van der Waals surface area contributed by atoms with Crippen molar-refractivity contribution < 1.29 is 28.5 Å². The van der Waals surface area contributed by atoms with Crippen molar-refractivity contribution in [1.29, 1.82) is 0 Å². The molecule has 1 atom stereocenters. The van der Waals surface area contributed by atoms with E-state index in [-0.39, 0.29) is 5.91 Å². The Morgan fingerprint density at radius 1 is 0.912 bits per heavy atom. The molecule has 0 saturated carbocycles. The molecule has 3 aromatic carbocycles. The maximum atomic E-state index is 12.5. The second-order valence-electron chi connectivity index (χ2n) is 7.44. The minimum absolute atomic E-state index is 0.256. The number of nitrogens with one attached hydrogen (secondary N) is 3. The molecule has 0 fully saturated rings. The van der Waals surface area contributed by atoms with Gasteiger partial charge in [0.15, 0.2) is 0 Å². The van der Waals surface area contributed by atoms with E-state index in [1.807, 2.05) is 54.6 Å². The first-order valence-electron chi connectivity index (χ1n) is 10.5. The number of carbonyl (C=O) groups is 2.